The molecule has 2 aliphatic heterocycles. The first-order valence-electron chi connectivity index (χ1n) is 10.1. The van der Waals surface area contributed by atoms with Crippen LogP contribution in [-0.4, -0.2) is 67.9 Å². The lowest BCUT2D eigenvalue weighted by Crippen LogP contribution is -2.50. The Labute approximate surface area is 172 Å². The zero-order valence-corrected chi connectivity index (χ0v) is 17.3. The molecule has 154 valence electrons. The second-order valence-electron chi connectivity index (χ2n) is 7.89. The van der Waals surface area contributed by atoms with Gasteiger partial charge in [-0.2, -0.15) is 0 Å². The molecule has 0 bridgehead atoms. The van der Waals surface area contributed by atoms with Gasteiger partial charge in [0.1, 0.15) is 0 Å². The zero-order chi connectivity index (χ0) is 20.3. The Kier molecular flexibility index (Phi) is 5.99. The van der Waals surface area contributed by atoms with Gasteiger partial charge >= 0.3 is 0 Å². The van der Waals surface area contributed by atoms with E-state index in [4.69, 9.17) is 0 Å². The van der Waals surface area contributed by atoms with Crippen LogP contribution in [0.1, 0.15) is 22.3 Å². The van der Waals surface area contributed by atoms with Crippen molar-refractivity contribution in [3.05, 3.63) is 65.7 Å². The van der Waals surface area contributed by atoms with Crippen LogP contribution in [0.5, 0.6) is 0 Å². The van der Waals surface area contributed by atoms with Crippen molar-refractivity contribution < 1.29 is 13.2 Å². The van der Waals surface area contributed by atoms with E-state index in [1.54, 1.807) is 0 Å². The zero-order valence-electron chi connectivity index (χ0n) is 16.5. The molecule has 0 spiro atoms. The minimum absolute atomic E-state index is 0.108. The van der Waals surface area contributed by atoms with E-state index in [0.29, 0.717) is 17.1 Å². The number of nitrogens with zero attached hydrogens (tertiary/aromatic N) is 2. The van der Waals surface area contributed by atoms with Crippen LogP contribution in [-0.2, 0) is 16.4 Å². The number of carbonyl (C=O) groups excluding carboxylic acids is 1. The van der Waals surface area contributed by atoms with Crippen molar-refractivity contribution in [1.29, 1.82) is 0 Å². The fourth-order valence-electron chi connectivity index (χ4n) is 4.09. The first-order chi connectivity index (χ1) is 14.0. The van der Waals surface area contributed by atoms with E-state index in [1.807, 2.05) is 54.6 Å². The molecule has 1 N–H and O–H groups in total. The van der Waals surface area contributed by atoms with Crippen molar-refractivity contribution in [2.75, 3.05) is 43.0 Å². The maximum Gasteiger partial charge on any atom is 0.255 e. The van der Waals surface area contributed by atoms with Crippen LogP contribution in [0.4, 0.5) is 5.69 Å². The Morgan fingerprint density at radius 2 is 1.66 bits per heavy atom. The molecule has 29 heavy (non-hydrogen) atoms. The lowest BCUT2D eigenvalue weighted by Gasteiger charge is -2.37. The third-order valence-electron chi connectivity index (χ3n) is 5.79. The molecule has 0 aromatic heterocycles. The van der Waals surface area contributed by atoms with Gasteiger partial charge in [-0.15, -0.1) is 0 Å². The molecule has 2 heterocycles. The Bertz CT molecular complexity index is 937. The summed E-state index contributed by atoms with van der Waals surface area (Å²) in [7, 11) is -2.83. The van der Waals surface area contributed by atoms with Gasteiger partial charge < -0.3 is 5.32 Å². The number of amides is 1. The third kappa shape index (κ3) is 5.23. The lowest BCUT2D eigenvalue weighted by molar-refractivity contribution is 0.1000. The fraction of sp³-hybridized carbons (Fsp3) is 0.409. The van der Waals surface area contributed by atoms with Gasteiger partial charge in [-0.05, 0) is 36.2 Å². The molecular formula is C22H27N3O3S. The number of carbonyl (C=O) groups is 1. The van der Waals surface area contributed by atoms with E-state index in [-0.39, 0.29) is 11.9 Å². The molecule has 2 saturated heterocycles. The molecule has 0 radical (unpaired) electrons. The predicted molar refractivity (Wildman–Crippen MR) is 115 cm³/mol. The summed E-state index contributed by atoms with van der Waals surface area (Å²) in [5.74, 6) is 0.546. The first-order valence-corrected chi connectivity index (χ1v) is 11.9. The van der Waals surface area contributed by atoms with Gasteiger partial charge in [0.2, 0.25) is 0 Å². The Balaban J connectivity index is 1.27. The minimum atomic E-state index is -2.83. The molecule has 6 nitrogen and oxygen atoms in total. The number of sulfone groups is 1. The van der Waals surface area contributed by atoms with Crippen molar-refractivity contribution in [3.8, 4) is 0 Å². The van der Waals surface area contributed by atoms with E-state index < -0.39 is 9.84 Å². The molecule has 4 rings (SSSR count). The summed E-state index contributed by atoms with van der Waals surface area (Å²) in [5, 5.41) is 2.90. The van der Waals surface area contributed by atoms with Crippen molar-refractivity contribution in [2.45, 2.75) is 19.0 Å². The van der Waals surface area contributed by atoms with Crippen molar-refractivity contribution >= 4 is 21.4 Å². The second kappa shape index (κ2) is 8.65. The van der Waals surface area contributed by atoms with Crippen LogP contribution >= 0.6 is 0 Å². The van der Waals surface area contributed by atoms with E-state index in [1.165, 1.54) is 5.56 Å². The Morgan fingerprint density at radius 1 is 0.966 bits per heavy atom. The molecule has 0 unspecified atom stereocenters. The minimum Gasteiger partial charge on any atom is -0.322 e. The summed E-state index contributed by atoms with van der Waals surface area (Å²) >= 11 is 0. The second-order valence-corrected chi connectivity index (χ2v) is 10.1. The van der Waals surface area contributed by atoms with Gasteiger partial charge in [0.25, 0.3) is 5.91 Å². The summed E-state index contributed by atoms with van der Waals surface area (Å²) < 4.78 is 23.4. The highest BCUT2D eigenvalue weighted by Gasteiger charge is 2.33. The van der Waals surface area contributed by atoms with E-state index in [2.05, 4.69) is 15.1 Å². The van der Waals surface area contributed by atoms with E-state index in [0.717, 1.165) is 44.8 Å². The number of benzene rings is 2. The van der Waals surface area contributed by atoms with Crippen LogP contribution in [0.15, 0.2) is 54.6 Å². The smallest absolute Gasteiger partial charge is 0.255 e. The Morgan fingerprint density at radius 3 is 2.28 bits per heavy atom. The summed E-state index contributed by atoms with van der Waals surface area (Å²) in [4.78, 5) is 17.1. The summed E-state index contributed by atoms with van der Waals surface area (Å²) in [6, 6.07) is 17.4. The monoisotopic (exact) mass is 413 g/mol. The number of hydrogen-bond acceptors (Lipinski definition) is 5. The molecule has 1 amide bonds. The average Bonchev–Trinajstić information content (AvgIpc) is 3.09. The number of piperazine rings is 1. The Hall–Kier alpha value is -2.22. The molecule has 0 aliphatic carbocycles. The maximum atomic E-state index is 12.4. The van der Waals surface area contributed by atoms with Crippen LogP contribution in [0.3, 0.4) is 0 Å². The summed E-state index contributed by atoms with van der Waals surface area (Å²) in [6.07, 6.45) is 0.773. The van der Waals surface area contributed by atoms with E-state index in [9.17, 15) is 13.2 Å². The van der Waals surface area contributed by atoms with Gasteiger partial charge in [-0.3, -0.25) is 14.6 Å². The molecule has 0 saturated carbocycles. The SMILES string of the molecule is O=C(Nc1ccccc1)c1ccc(CN2CCN([C@H]3CCS(=O)(=O)C3)CC2)cc1. The van der Waals surface area contributed by atoms with Crippen molar-refractivity contribution in [1.82, 2.24) is 9.80 Å². The van der Waals surface area contributed by atoms with E-state index >= 15 is 0 Å². The highest BCUT2D eigenvalue weighted by Crippen LogP contribution is 2.20. The number of hydrogen-bond donors (Lipinski definition) is 1. The topological polar surface area (TPSA) is 69.7 Å². The standard InChI is InChI=1S/C22H27N3O3S/c26-22(23-20-4-2-1-3-5-20)19-8-6-18(7-9-19)16-24-11-13-25(14-12-24)21-10-15-29(27,28)17-21/h1-9,21H,10-17H2,(H,23,26)/t21-/m0/s1. The maximum absolute atomic E-state index is 12.4. The van der Waals surface area contributed by atoms with Crippen LogP contribution in [0, 0.1) is 0 Å². The molecule has 2 aromatic carbocycles. The number of para-hydroxylation sites is 1. The van der Waals surface area contributed by atoms with Gasteiger partial charge in [0.15, 0.2) is 9.84 Å². The van der Waals surface area contributed by atoms with Crippen LogP contribution < -0.4 is 5.32 Å². The van der Waals surface area contributed by atoms with Crippen LogP contribution in [0.25, 0.3) is 0 Å². The van der Waals surface area contributed by atoms with Crippen molar-refractivity contribution in [3.63, 3.8) is 0 Å². The average molecular weight is 414 g/mol. The molecule has 1 atom stereocenters. The normalized spacial score (nSPS) is 22.4. The largest absolute Gasteiger partial charge is 0.322 e. The lowest BCUT2D eigenvalue weighted by atomic mass is 10.1. The number of rotatable bonds is 5. The molecule has 2 fully saturated rings. The highest BCUT2D eigenvalue weighted by molar-refractivity contribution is 7.91. The van der Waals surface area contributed by atoms with Crippen molar-refractivity contribution in [2.24, 2.45) is 0 Å². The van der Waals surface area contributed by atoms with Crippen LogP contribution in [0.2, 0.25) is 0 Å². The predicted octanol–water partition coefficient (Wildman–Crippen LogP) is 2.24. The molecular weight excluding hydrogens is 386 g/mol. The molecule has 2 aromatic rings. The number of nitrogens with one attached hydrogen (secondary N) is 1. The quantitative estimate of drug-likeness (QED) is 0.814. The van der Waals surface area contributed by atoms with Gasteiger partial charge in [-0.1, -0.05) is 30.3 Å². The number of anilines is 1. The van der Waals surface area contributed by atoms with Gasteiger partial charge in [0, 0.05) is 50.0 Å². The van der Waals surface area contributed by atoms with Gasteiger partial charge in [-0.25, -0.2) is 8.42 Å². The van der Waals surface area contributed by atoms with Gasteiger partial charge in [0.05, 0.1) is 11.5 Å². The highest BCUT2D eigenvalue weighted by atomic mass is 32.2. The third-order valence-corrected chi connectivity index (χ3v) is 7.54. The molecule has 2 aliphatic rings. The first kappa shape index (κ1) is 20.1. The molecule has 7 heteroatoms. The fourth-order valence-corrected chi connectivity index (χ4v) is 5.86. The summed E-state index contributed by atoms with van der Waals surface area (Å²) in [5.41, 5.74) is 2.61. The summed E-state index contributed by atoms with van der Waals surface area (Å²) in [6.45, 7) is 4.55.